The molecule has 48 heavy (non-hydrogen) atoms. The SMILES string of the molecule is CC(C)COC(=O)c1[nH]c2ccc(F)cc2c1/C(N)=C/N(N)CC1CCN(CCNS(=O)(=O)c2ccc(-c3cccnc3F)cc2)CC1. The molecule has 0 saturated carbocycles. The molecular formula is C34H41F2N7O4S. The van der Waals surface area contributed by atoms with Crippen LogP contribution in [-0.4, -0.2) is 73.6 Å². The van der Waals surface area contributed by atoms with Crippen molar-refractivity contribution in [1.82, 2.24) is 24.6 Å². The number of aromatic nitrogens is 2. The number of carbonyl (C=O) groups excluding carboxylic acids is 1. The van der Waals surface area contributed by atoms with Gasteiger partial charge < -0.3 is 25.4 Å². The Bertz CT molecular complexity index is 1870. The Labute approximate surface area is 279 Å². The van der Waals surface area contributed by atoms with Crippen molar-refractivity contribution in [2.45, 2.75) is 31.6 Å². The number of sulfonamides is 1. The van der Waals surface area contributed by atoms with Crippen LogP contribution in [0.25, 0.3) is 27.7 Å². The highest BCUT2D eigenvalue weighted by Gasteiger charge is 2.24. The average molecular weight is 682 g/mol. The van der Waals surface area contributed by atoms with Crippen LogP contribution in [0.3, 0.4) is 0 Å². The largest absolute Gasteiger partial charge is 0.461 e. The molecule has 2 aromatic heterocycles. The second kappa shape index (κ2) is 15.2. The van der Waals surface area contributed by atoms with Gasteiger partial charge in [0.1, 0.15) is 11.5 Å². The van der Waals surface area contributed by atoms with E-state index in [-0.39, 0.29) is 41.3 Å². The number of ether oxygens (including phenoxy) is 1. The highest BCUT2D eigenvalue weighted by Crippen LogP contribution is 2.29. The van der Waals surface area contributed by atoms with Gasteiger partial charge in [-0.2, -0.15) is 4.39 Å². The number of halogens is 2. The van der Waals surface area contributed by atoms with Crippen molar-refractivity contribution in [3.63, 3.8) is 0 Å². The molecule has 1 aliphatic rings. The van der Waals surface area contributed by atoms with E-state index in [2.05, 4.69) is 19.6 Å². The van der Waals surface area contributed by atoms with Gasteiger partial charge in [-0.1, -0.05) is 26.0 Å². The van der Waals surface area contributed by atoms with Crippen molar-refractivity contribution in [1.29, 1.82) is 0 Å². The van der Waals surface area contributed by atoms with Crippen molar-refractivity contribution < 1.29 is 26.7 Å². The highest BCUT2D eigenvalue weighted by molar-refractivity contribution is 7.89. The van der Waals surface area contributed by atoms with E-state index in [0.717, 1.165) is 25.9 Å². The van der Waals surface area contributed by atoms with Crippen LogP contribution in [-0.2, 0) is 14.8 Å². The van der Waals surface area contributed by atoms with Crippen LogP contribution >= 0.6 is 0 Å². The number of nitrogens with zero attached hydrogens (tertiary/aromatic N) is 3. The molecule has 0 atom stereocenters. The molecule has 3 heterocycles. The van der Waals surface area contributed by atoms with Crippen LogP contribution < -0.4 is 16.3 Å². The number of hydrogen-bond acceptors (Lipinski definition) is 9. The van der Waals surface area contributed by atoms with Crippen LogP contribution in [0, 0.1) is 23.6 Å². The zero-order valence-electron chi connectivity index (χ0n) is 27.0. The zero-order valence-corrected chi connectivity index (χ0v) is 27.8. The Morgan fingerprint density at radius 1 is 1.17 bits per heavy atom. The van der Waals surface area contributed by atoms with Crippen molar-refractivity contribution in [2.75, 3.05) is 39.3 Å². The van der Waals surface area contributed by atoms with E-state index in [4.69, 9.17) is 16.3 Å². The molecule has 0 unspecified atom stereocenters. The van der Waals surface area contributed by atoms with Crippen LogP contribution in [0.2, 0.25) is 0 Å². The third-order valence-corrected chi connectivity index (χ3v) is 9.71. The van der Waals surface area contributed by atoms with E-state index in [9.17, 15) is 22.0 Å². The maximum atomic E-state index is 14.2. The van der Waals surface area contributed by atoms with Crippen molar-refractivity contribution in [3.05, 3.63) is 90.0 Å². The first-order valence-electron chi connectivity index (χ1n) is 15.8. The summed E-state index contributed by atoms with van der Waals surface area (Å²) in [7, 11) is -3.74. The van der Waals surface area contributed by atoms with Gasteiger partial charge >= 0.3 is 5.97 Å². The maximum absolute atomic E-state index is 14.2. The topological polar surface area (TPSA) is 160 Å². The van der Waals surface area contributed by atoms with Crippen molar-refractivity contribution >= 4 is 32.6 Å². The lowest BCUT2D eigenvalue weighted by Crippen LogP contribution is -2.42. The van der Waals surface area contributed by atoms with Gasteiger partial charge in [0.05, 0.1) is 17.2 Å². The van der Waals surface area contributed by atoms with Crippen LogP contribution in [0.15, 0.2) is 71.9 Å². The van der Waals surface area contributed by atoms with Crippen molar-refractivity contribution in [2.24, 2.45) is 23.4 Å². The lowest BCUT2D eigenvalue weighted by molar-refractivity contribution is 0.0452. The number of H-pyrrole nitrogens is 1. The fraction of sp³-hybridized carbons (Fsp3) is 0.353. The minimum Gasteiger partial charge on any atom is -0.461 e. The molecule has 0 bridgehead atoms. The lowest BCUT2D eigenvalue weighted by Gasteiger charge is -2.33. The highest BCUT2D eigenvalue weighted by atomic mass is 32.2. The average Bonchev–Trinajstić information content (AvgIpc) is 3.43. The Kier molecular flexibility index (Phi) is 11.1. The van der Waals surface area contributed by atoms with Gasteiger partial charge in [0.15, 0.2) is 0 Å². The van der Waals surface area contributed by atoms with Gasteiger partial charge in [0.25, 0.3) is 0 Å². The summed E-state index contributed by atoms with van der Waals surface area (Å²) in [4.78, 5) is 21.8. The fourth-order valence-corrected chi connectivity index (χ4v) is 6.78. The Balaban J connectivity index is 1.12. The number of fused-ring (bicyclic) bond motifs is 1. The van der Waals surface area contributed by atoms with Gasteiger partial charge in [-0.15, -0.1) is 0 Å². The number of carbonyl (C=O) groups is 1. The summed E-state index contributed by atoms with van der Waals surface area (Å²) in [6.07, 6.45) is 4.58. The van der Waals surface area contributed by atoms with Gasteiger partial charge in [-0.3, -0.25) is 0 Å². The Hall–Kier alpha value is -4.37. The van der Waals surface area contributed by atoms with E-state index in [1.54, 1.807) is 36.5 Å². The summed E-state index contributed by atoms with van der Waals surface area (Å²) >= 11 is 0. The molecule has 4 aromatic rings. The van der Waals surface area contributed by atoms with Crippen molar-refractivity contribution in [3.8, 4) is 11.1 Å². The van der Waals surface area contributed by atoms with E-state index in [1.807, 2.05) is 13.8 Å². The number of nitrogens with one attached hydrogen (secondary N) is 2. The predicted molar refractivity (Wildman–Crippen MR) is 180 cm³/mol. The minimum atomic E-state index is -3.74. The zero-order chi connectivity index (χ0) is 34.4. The number of esters is 1. The normalized spacial score (nSPS) is 14.9. The Morgan fingerprint density at radius 3 is 2.58 bits per heavy atom. The second-order valence-corrected chi connectivity index (χ2v) is 14.2. The smallest absolute Gasteiger partial charge is 0.355 e. The van der Waals surface area contributed by atoms with E-state index < -0.39 is 27.8 Å². The number of benzene rings is 2. The molecule has 256 valence electrons. The van der Waals surface area contributed by atoms with Crippen LogP contribution in [0.1, 0.15) is 42.7 Å². The molecule has 14 heteroatoms. The molecule has 0 radical (unpaired) electrons. The second-order valence-electron chi connectivity index (χ2n) is 12.4. The van der Waals surface area contributed by atoms with E-state index >= 15 is 0 Å². The standard InChI is InChI=1S/C34H41F2N7O4S/c1-22(2)21-47-34(44)32-31(28-18-25(35)7-10-30(28)41-32)29(37)20-43(38)19-23-11-15-42(16-12-23)17-14-40-48(45,46)26-8-5-24(6-9-26)27-4-3-13-39-33(27)36/h3-10,13,18,20,22-23,40-41H,11-12,14-17,19,21,37-38H2,1-2H3/b29-20-. The molecule has 1 aliphatic heterocycles. The van der Waals surface area contributed by atoms with Crippen LogP contribution in [0.4, 0.5) is 8.78 Å². The first-order valence-corrected chi connectivity index (χ1v) is 17.3. The number of hydrazine groups is 1. The molecule has 0 amide bonds. The molecule has 0 spiro atoms. The summed E-state index contributed by atoms with van der Waals surface area (Å²) in [5.41, 5.74) is 8.52. The van der Waals surface area contributed by atoms with Gasteiger partial charge in [-0.25, -0.2) is 33.2 Å². The minimum absolute atomic E-state index is 0.0990. The molecule has 5 rings (SSSR count). The molecule has 2 aromatic carbocycles. The summed E-state index contributed by atoms with van der Waals surface area (Å²) < 4.78 is 61.9. The monoisotopic (exact) mass is 681 g/mol. The number of hydrogen-bond donors (Lipinski definition) is 4. The quantitative estimate of drug-likeness (QED) is 0.0693. The number of piperidine rings is 1. The van der Waals surface area contributed by atoms with E-state index in [0.29, 0.717) is 40.7 Å². The molecule has 11 nitrogen and oxygen atoms in total. The summed E-state index contributed by atoms with van der Waals surface area (Å²) in [6.45, 7) is 6.89. The van der Waals surface area contributed by atoms with Crippen LogP contribution in [0.5, 0.6) is 0 Å². The summed E-state index contributed by atoms with van der Waals surface area (Å²) in [5.74, 6) is 5.07. The number of aromatic amines is 1. The number of nitrogens with two attached hydrogens (primary N) is 2. The number of rotatable bonds is 13. The molecular weight excluding hydrogens is 640 g/mol. The molecule has 1 fully saturated rings. The molecule has 1 saturated heterocycles. The number of likely N-dealkylation sites (tertiary alicyclic amines) is 1. The molecule has 6 N–H and O–H groups in total. The van der Waals surface area contributed by atoms with Gasteiger partial charge in [-0.05, 0) is 85.8 Å². The summed E-state index contributed by atoms with van der Waals surface area (Å²) in [6, 6.07) is 13.4. The predicted octanol–water partition coefficient (Wildman–Crippen LogP) is 4.44. The third-order valence-electron chi connectivity index (χ3n) is 8.24. The lowest BCUT2D eigenvalue weighted by atomic mass is 9.96. The third kappa shape index (κ3) is 8.55. The maximum Gasteiger partial charge on any atom is 0.355 e. The van der Waals surface area contributed by atoms with Gasteiger partial charge in [0, 0.05) is 54.1 Å². The first kappa shape index (κ1) is 35.0. The molecule has 0 aliphatic carbocycles. The van der Waals surface area contributed by atoms with E-state index in [1.165, 1.54) is 35.5 Å². The summed E-state index contributed by atoms with van der Waals surface area (Å²) in [5, 5.41) is 1.94. The van der Waals surface area contributed by atoms with Gasteiger partial charge in [0.2, 0.25) is 16.0 Å². The fourth-order valence-electron chi connectivity index (χ4n) is 5.75. The Morgan fingerprint density at radius 2 is 1.90 bits per heavy atom. The first-order chi connectivity index (χ1) is 22.9. The number of pyridine rings is 1.